The summed E-state index contributed by atoms with van der Waals surface area (Å²) in [6, 6.07) is 26.9. The van der Waals surface area contributed by atoms with E-state index in [0.29, 0.717) is 12.2 Å². The number of primary amides is 1. The van der Waals surface area contributed by atoms with E-state index >= 15 is 0 Å². The molecule has 30 heavy (non-hydrogen) atoms. The van der Waals surface area contributed by atoms with Crippen LogP contribution >= 0.6 is 0 Å². The van der Waals surface area contributed by atoms with Crippen molar-refractivity contribution in [2.45, 2.75) is 12.5 Å². The summed E-state index contributed by atoms with van der Waals surface area (Å²) in [6.45, 7) is -0.167. The van der Waals surface area contributed by atoms with Crippen LogP contribution in [0.25, 0.3) is 6.08 Å². The molecule has 5 heteroatoms. The van der Waals surface area contributed by atoms with Crippen molar-refractivity contribution in [3.05, 3.63) is 108 Å². The number of nitrogens with one attached hydrogen (secondary N) is 1. The molecule has 3 rings (SSSR count). The maximum absolute atomic E-state index is 12.6. The maximum Gasteiger partial charge on any atom is 0.255 e. The first kappa shape index (κ1) is 20.9. The van der Waals surface area contributed by atoms with Crippen molar-refractivity contribution in [3.63, 3.8) is 0 Å². The van der Waals surface area contributed by atoms with Gasteiger partial charge in [0, 0.05) is 6.08 Å². The molecule has 5 nitrogen and oxygen atoms in total. The fourth-order valence-corrected chi connectivity index (χ4v) is 3.01. The van der Waals surface area contributed by atoms with Crippen molar-refractivity contribution in [1.29, 1.82) is 0 Å². The van der Waals surface area contributed by atoms with Gasteiger partial charge in [0.25, 0.3) is 5.91 Å². The third kappa shape index (κ3) is 6.63. The fourth-order valence-electron chi connectivity index (χ4n) is 3.01. The van der Waals surface area contributed by atoms with Crippen molar-refractivity contribution < 1.29 is 14.3 Å². The predicted octanol–water partition coefficient (Wildman–Crippen LogP) is 3.66. The number of nitrogens with two attached hydrogens (primary N) is 1. The molecule has 3 aromatic carbocycles. The third-order valence-corrected chi connectivity index (χ3v) is 4.49. The maximum atomic E-state index is 12.6. The molecule has 0 radical (unpaired) electrons. The monoisotopic (exact) mass is 400 g/mol. The highest BCUT2D eigenvalue weighted by atomic mass is 16.5. The predicted molar refractivity (Wildman–Crippen MR) is 118 cm³/mol. The van der Waals surface area contributed by atoms with Crippen molar-refractivity contribution >= 4 is 17.9 Å². The molecule has 3 N–H and O–H groups in total. The summed E-state index contributed by atoms with van der Waals surface area (Å²) in [6.07, 6.45) is 3.95. The zero-order valence-corrected chi connectivity index (χ0v) is 16.5. The standard InChI is InChI=1S/C25H24N2O3/c26-24(28)18-30-22-14-11-19(12-15-22)13-16-25(29)27-23(21-9-5-2-6-10-21)17-20-7-3-1-4-8-20/h1-16,23H,17-18H2,(H2,26,28)(H,27,29)/b16-13+. The highest BCUT2D eigenvalue weighted by Crippen LogP contribution is 2.19. The van der Waals surface area contributed by atoms with E-state index in [2.05, 4.69) is 17.4 Å². The summed E-state index contributed by atoms with van der Waals surface area (Å²) < 4.78 is 5.23. The summed E-state index contributed by atoms with van der Waals surface area (Å²) in [7, 11) is 0. The molecular weight excluding hydrogens is 376 g/mol. The summed E-state index contributed by atoms with van der Waals surface area (Å²) in [4.78, 5) is 23.3. The van der Waals surface area contributed by atoms with E-state index in [-0.39, 0.29) is 18.6 Å². The number of rotatable bonds is 9. The summed E-state index contributed by atoms with van der Waals surface area (Å²) in [5, 5.41) is 3.09. The van der Waals surface area contributed by atoms with Crippen LogP contribution in [0.2, 0.25) is 0 Å². The smallest absolute Gasteiger partial charge is 0.255 e. The van der Waals surface area contributed by atoms with Crippen LogP contribution in [0.15, 0.2) is 91.0 Å². The van der Waals surface area contributed by atoms with Gasteiger partial charge < -0.3 is 15.8 Å². The number of hydrogen-bond acceptors (Lipinski definition) is 3. The van der Waals surface area contributed by atoms with E-state index in [4.69, 9.17) is 10.5 Å². The second kappa shape index (κ2) is 10.6. The first-order valence-corrected chi connectivity index (χ1v) is 9.69. The second-order valence-corrected chi connectivity index (χ2v) is 6.82. The quantitative estimate of drug-likeness (QED) is 0.538. The summed E-state index contributed by atoms with van der Waals surface area (Å²) in [5.74, 6) is -0.157. The molecule has 0 saturated heterocycles. The molecule has 0 fully saturated rings. The van der Waals surface area contributed by atoms with E-state index in [9.17, 15) is 9.59 Å². The molecule has 0 aromatic heterocycles. The molecule has 1 unspecified atom stereocenters. The Kier molecular flexibility index (Phi) is 7.39. The summed E-state index contributed by atoms with van der Waals surface area (Å²) >= 11 is 0. The minimum atomic E-state index is -0.529. The molecule has 1 atom stereocenters. The highest BCUT2D eigenvalue weighted by molar-refractivity contribution is 5.92. The first-order chi connectivity index (χ1) is 14.6. The van der Waals surface area contributed by atoms with E-state index in [1.54, 1.807) is 30.3 Å². The Morgan fingerprint density at radius 1 is 0.900 bits per heavy atom. The fraction of sp³-hybridized carbons (Fsp3) is 0.120. The lowest BCUT2D eigenvalue weighted by atomic mass is 9.99. The van der Waals surface area contributed by atoms with Gasteiger partial charge in [-0.15, -0.1) is 0 Å². The van der Waals surface area contributed by atoms with Gasteiger partial charge in [-0.05, 0) is 41.3 Å². The van der Waals surface area contributed by atoms with Gasteiger partial charge in [-0.2, -0.15) is 0 Å². The average Bonchev–Trinajstić information content (AvgIpc) is 2.78. The molecule has 152 valence electrons. The number of benzene rings is 3. The van der Waals surface area contributed by atoms with Gasteiger partial charge in [-0.1, -0.05) is 72.8 Å². The van der Waals surface area contributed by atoms with Gasteiger partial charge in [0.05, 0.1) is 6.04 Å². The van der Waals surface area contributed by atoms with E-state index < -0.39 is 5.91 Å². The lowest BCUT2D eigenvalue weighted by Crippen LogP contribution is -2.28. The number of carbonyl (C=O) groups is 2. The van der Waals surface area contributed by atoms with Crippen LogP contribution < -0.4 is 15.8 Å². The highest BCUT2D eigenvalue weighted by Gasteiger charge is 2.13. The van der Waals surface area contributed by atoms with Crippen LogP contribution in [0.4, 0.5) is 0 Å². The van der Waals surface area contributed by atoms with Gasteiger partial charge in [0.15, 0.2) is 6.61 Å². The Bertz CT molecular complexity index is 984. The lowest BCUT2D eigenvalue weighted by Gasteiger charge is -2.18. The SMILES string of the molecule is NC(=O)COc1ccc(/C=C/C(=O)NC(Cc2ccccc2)c2ccccc2)cc1. The minimum absolute atomic E-state index is 0.129. The molecule has 3 aromatic rings. The van der Waals surface area contributed by atoms with Crippen molar-refractivity contribution in [1.82, 2.24) is 5.32 Å². The van der Waals surface area contributed by atoms with Gasteiger partial charge in [0.1, 0.15) is 5.75 Å². The third-order valence-electron chi connectivity index (χ3n) is 4.49. The van der Waals surface area contributed by atoms with Crippen LogP contribution in [0.5, 0.6) is 5.75 Å². The molecule has 2 amide bonds. The van der Waals surface area contributed by atoms with Crippen molar-refractivity contribution in [2.75, 3.05) is 6.61 Å². The Morgan fingerprint density at radius 3 is 2.17 bits per heavy atom. The Hall–Kier alpha value is -3.86. The normalized spacial score (nSPS) is 11.7. The van der Waals surface area contributed by atoms with Gasteiger partial charge >= 0.3 is 0 Å². The molecule has 0 aliphatic heterocycles. The number of hydrogen-bond donors (Lipinski definition) is 2. The van der Waals surface area contributed by atoms with Crippen molar-refractivity contribution in [2.24, 2.45) is 5.73 Å². The molecule has 0 bridgehead atoms. The Balaban J connectivity index is 1.64. The van der Waals surface area contributed by atoms with Gasteiger partial charge in [-0.25, -0.2) is 0 Å². The number of carbonyl (C=O) groups excluding carboxylic acids is 2. The van der Waals surface area contributed by atoms with Crippen LogP contribution in [0, 0.1) is 0 Å². The zero-order chi connectivity index (χ0) is 21.2. The van der Waals surface area contributed by atoms with Gasteiger partial charge in [-0.3, -0.25) is 9.59 Å². The van der Waals surface area contributed by atoms with Gasteiger partial charge in [0.2, 0.25) is 5.91 Å². The molecule has 0 saturated carbocycles. The molecular formula is C25H24N2O3. The molecule has 0 aliphatic carbocycles. The topological polar surface area (TPSA) is 81.4 Å². The van der Waals surface area contributed by atoms with Crippen LogP contribution in [0.3, 0.4) is 0 Å². The average molecular weight is 400 g/mol. The van der Waals surface area contributed by atoms with Crippen molar-refractivity contribution in [3.8, 4) is 5.75 Å². The van der Waals surface area contributed by atoms with Crippen LogP contribution in [0.1, 0.15) is 22.7 Å². The molecule has 0 spiro atoms. The van der Waals surface area contributed by atoms with E-state index in [0.717, 1.165) is 16.7 Å². The van der Waals surface area contributed by atoms with E-state index in [1.807, 2.05) is 48.5 Å². The van der Waals surface area contributed by atoms with Crippen LogP contribution in [-0.4, -0.2) is 18.4 Å². The Labute approximate surface area is 176 Å². The lowest BCUT2D eigenvalue weighted by molar-refractivity contribution is -0.120. The number of amides is 2. The zero-order valence-electron chi connectivity index (χ0n) is 16.5. The first-order valence-electron chi connectivity index (χ1n) is 9.69. The number of ether oxygens (including phenoxy) is 1. The Morgan fingerprint density at radius 2 is 1.53 bits per heavy atom. The minimum Gasteiger partial charge on any atom is -0.484 e. The summed E-state index contributed by atoms with van der Waals surface area (Å²) in [5.41, 5.74) is 8.11. The second-order valence-electron chi connectivity index (χ2n) is 6.82. The molecule has 0 aliphatic rings. The van der Waals surface area contributed by atoms with Crippen LogP contribution in [-0.2, 0) is 16.0 Å². The van der Waals surface area contributed by atoms with E-state index in [1.165, 1.54) is 6.08 Å². The molecule has 0 heterocycles. The largest absolute Gasteiger partial charge is 0.484 e.